The number of halogens is 1. The number of aliphatic imine (C=N–C) groups is 1. The van der Waals surface area contributed by atoms with Crippen LogP contribution in [0.5, 0.6) is 5.75 Å². The van der Waals surface area contributed by atoms with Crippen LogP contribution >= 0.6 is 0 Å². The Balaban J connectivity index is 1.57. The van der Waals surface area contributed by atoms with Crippen molar-refractivity contribution < 1.29 is 9.13 Å². The molecular weight excluding hydrogens is 479 g/mol. The van der Waals surface area contributed by atoms with Crippen molar-refractivity contribution in [2.75, 3.05) is 39.6 Å². The Morgan fingerprint density at radius 1 is 1.00 bits per heavy atom. The molecule has 0 bridgehead atoms. The van der Waals surface area contributed by atoms with Gasteiger partial charge in [-0.1, -0.05) is 30.3 Å². The summed E-state index contributed by atoms with van der Waals surface area (Å²) in [5.41, 5.74) is 6.47. The smallest absolute Gasteiger partial charge is 0.227 e. The standard InChI is InChI=1S/C30H31FN6O/c1-32-13-14-37(2)19-20-11-12-24-26(15-20)29(25-9-4-5-10-27(25)31)33-17-21-18-34-30(36-28(21)24)35-22-7-6-8-23(16-22)38-3/h4-12,15-16,18,32H,13-14,17,19H2,1-3H3,(H,34,35,36). The summed E-state index contributed by atoms with van der Waals surface area (Å²) in [6, 6.07) is 20.7. The van der Waals surface area contributed by atoms with Crippen molar-refractivity contribution in [3.8, 4) is 17.0 Å². The third-order valence-electron chi connectivity index (χ3n) is 6.52. The lowest BCUT2D eigenvalue weighted by molar-refractivity contribution is 0.328. The molecule has 0 unspecified atom stereocenters. The van der Waals surface area contributed by atoms with Crippen LogP contribution in [0.3, 0.4) is 0 Å². The summed E-state index contributed by atoms with van der Waals surface area (Å²) in [5, 5.41) is 6.46. The van der Waals surface area contributed by atoms with Gasteiger partial charge in [-0.15, -0.1) is 0 Å². The molecule has 0 radical (unpaired) electrons. The van der Waals surface area contributed by atoms with Gasteiger partial charge in [-0.05, 0) is 50.0 Å². The summed E-state index contributed by atoms with van der Waals surface area (Å²) in [7, 11) is 5.67. The molecule has 7 nitrogen and oxygen atoms in total. The lowest BCUT2D eigenvalue weighted by atomic mass is 9.93. The molecule has 0 spiro atoms. The molecule has 0 aliphatic carbocycles. The summed E-state index contributed by atoms with van der Waals surface area (Å²) >= 11 is 0. The summed E-state index contributed by atoms with van der Waals surface area (Å²) in [4.78, 5) is 16.6. The highest BCUT2D eigenvalue weighted by atomic mass is 19.1. The first-order valence-electron chi connectivity index (χ1n) is 12.6. The van der Waals surface area contributed by atoms with Crippen molar-refractivity contribution in [2.24, 2.45) is 4.99 Å². The van der Waals surface area contributed by atoms with Crippen molar-refractivity contribution in [2.45, 2.75) is 13.1 Å². The van der Waals surface area contributed by atoms with E-state index in [0.717, 1.165) is 59.0 Å². The monoisotopic (exact) mass is 510 g/mol. The molecule has 0 saturated heterocycles. The van der Waals surface area contributed by atoms with Gasteiger partial charge < -0.3 is 20.3 Å². The highest BCUT2D eigenvalue weighted by Gasteiger charge is 2.23. The van der Waals surface area contributed by atoms with Crippen molar-refractivity contribution in [3.63, 3.8) is 0 Å². The maximum Gasteiger partial charge on any atom is 0.227 e. The second kappa shape index (κ2) is 11.5. The number of ether oxygens (including phenoxy) is 1. The largest absolute Gasteiger partial charge is 0.497 e. The number of benzene rings is 3. The minimum atomic E-state index is -0.300. The fraction of sp³-hybridized carbons (Fsp3) is 0.233. The molecule has 3 aromatic carbocycles. The Bertz CT molecular complexity index is 1470. The number of hydrogen-bond acceptors (Lipinski definition) is 7. The Labute approximate surface area is 222 Å². The zero-order chi connectivity index (χ0) is 26.5. The third kappa shape index (κ3) is 5.56. The Morgan fingerprint density at radius 3 is 2.68 bits per heavy atom. The number of aromatic nitrogens is 2. The van der Waals surface area contributed by atoms with Gasteiger partial charge in [0.25, 0.3) is 0 Å². The molecule has 0 saturated carbocycles. The number of likely N-dealkylation sites (N-methyl/N-ethyl adjacent to an activating group) is 2. The average Bonchev–Trinajstić information content (AvgIpc) is 3.09. The SMILES string of the molecule is CNCCN(C)Cc1ccc2c(c1)C(c1ccccc1F)=NCc1cnc(Nc3cccc(OC)c3)nc1-2. The quantitative estimate of drug-likeness (QED) is 0.329. The van der Waals surface area contributed by atoms with E-state index in [-0.39, 0.29) is 5.82 Å². The first kappa shape index (κ1) is 25.5. The van der Waals surface area contributed by atoms with Crippen LogP contribution in [0.15, 0.2) is 77.9 Å². The van der Waals surface area contributed by atoms with Crippen LogP contribution < -0.4 is 15.4 Å². The molecule has 1 aromatic heterocycles. The normalized spacial score (nSPS) is 12.4. The Hall–Kier alpha value is -4.14. The predicted octanol–water partition coefficient (Wildman–Crippen LogP) is 5.04. The van der Waals surface area contributed by atoms with E-state index in [1.165, 1.54) is 6.07 Å². The minimum Gasteiger partial charge on any atom is -0.497 e. The van der Waals surface area contributed by atoms with Crippen LogP contribution in [0.25, 0.3) is 11.3 Å². The second-order valence-corrected chi connectivity index (χ2v) is 9.29. The molecule has 8 heteroatoms. The van der Waals surface area contributed by atoms with Crippen LogP contribution in [0.2, 0.25) is 0 Å². The van der Waals surface area contributed by atoms with Gasteiger partial charge >= 0.3 is 0 Å². The van der Waals surface area contributed by atoms with Gasteiger partial charge in [0, 0.05) is 59.8 Å². The molecule has 0 amide bonds. The van der Waals surface area contributed by atoms with Crippen molar-refractivity contribution in [3.05, 3.63) is 101 Å². The number of nitrogens with one attached hydrogen (secondary N) is 2. The molecule has 1 aliphatic heterocycles. The predicted molar refractivity (Wildman–Crippen MR) is 150 cm³/mol. The van der Waals surface area contributed by atoms with E-state index >= 15 is 4.39 Å². The average molecular weight is 511 g/mol. The van der Waals surface area contributed by atoms with Gasteiger partial charge in [0.05, 0.1) is 25.1 Å². The fourth-order valence-corrected chi connectivity index (χ4v) is 4.56. The zero-order valence-corrected chi connectivity index (χ0v) is 21.8. The molecule has 4 aromatic rings. The summed E-state index contributed by atoms with van der Waals surface area (Å²) < 4.78 is 20.3. The number of hydrogen-bond donors (Lipinski definition) is 2. The van der Waals surface area contributed by atoms with Crippen LogP contribution in [-0.4, -0.2) is 54.9 Å². The maximum atomic E-state index is 15.0. The molecule has 1 aliphatic rings. The van der Waals surface area contributed by atoms with E-state index in [0.29, 0.717) is 23.8 Å². The van der Waals surface area contributed by atoms with E-state index in [1.807, 2.05) is 37.4 Å². The van der Waals surface area contributed by atoms with Crippen LogP contribution in [0.1, 0.15) is 22.3 Å². The number of methoxy groups -OCH3 is 1. The first-order valence-corrected chi connectivity index (χ1v) is 12.6. The molecule has 38 heavy (non-hydrogen) atoms. The van der Waals surface area contributed by atoms with Crippen LogP contribution in [0, 0.1) is 5.82 Å². The molecule has 0 atom stereocenters. The van der Waals surface area contributed by atoms with E-state index in [9.17, 15) is 0 Å². The molecule has 2 heterocycles. The highest BCUT2D eigenvalue weighted by Crippen LogP contribution is 2.33. The Morgan fingerprint density at radius 2 is 1.87 bits per heavy atom. The van der Waals surface area contributed by atoms with Crippen LogP contribution in [0.4, 0.5) is 16.0 Å². The fourth-order valence-electron chi connectivity index (χ4n) is 4.56. The molecule has 2 N–H and O–H groups in total. The van der Waals surface area contributed by atoms with Gasteiger partial charge in [-0.2, -0.15) is 0 Å². The lowest BCUT2D eigenvalue weighted by Crippen LogP contribution is -2.27. The number of rotatable bonds is 9. The summed E-state index contributed by atoms with van der Waals surface area (Å²) in [6.07, 6.45) is 1.79. The van der Waals surface area contributed by atoms with Gasteiger partial charge in [-0.3, -0.25) is 4.99 Å². The Kier molecular flexibility index (Phi) is 7.72. The summed E-state index contributed by atoms with van der Waals surface area (Å²) in [6.45, 7) is 2.93. The maximum absolute atomic E-state index is 15.0. The third-order valence-corrected chi connectivity index (χ3v) is 6.52. The number of fused-ring (bicyclic) bond motifs is 3. The van der Waals surface area contributed by atoms with Crippen molar-refractivity contribution in [1.82, 2.24) is 20.2 Å². The molecule has 0 fully saturated rings. The number of anilines is 2. The molecular formula is C30H31FN6O. The molecule has 5 rings (SSSR count). The second-order valence-electron chi connectivity index (χ2n) is 9.29. The minimum absolute atomic E-state index is 0.300. The van der Waals surface area contributed by atoms with Crippen LogP contribution in [-0.2, 0) is 13.1 Å². The van der Waals surface area contributed by atoms with Crippen molar-refractivity contribution >= 4 is 17.3 Å². The van der Waals surface area contributed by atoms with E-state index in [2.05, 4.69) is 45.8 Å². The van der Waals surface area contributed by atoms with Gasteiger partial charge in [0.2, 0.25) is 5.95 Å². The van der Waals surface area contributed by atoms with Gasteiger partial charge in [-0.25, -0.2) is 14.4 Å². The zero-order valence-electron chi connectivity index (χ0n) is 21.8. The van der Waals surface area contributed by atoms with E-state index in [4.69, 9.17) is 14.7 Å². The highest BCUT2D eigenvalue weighted by molar-refractivity contribution is 6.17. The molecule has 194 valence electrons. The van der Waals surface area contributed by atoms with Gasteiger partial charge in [0.1, 0.15) is 11.6 Å². The van der Waals surface area contributed by atoms with E-state index in [1.54, 1.807) is 25.4 Å². The summed E-state index contributed by atoms with van der Waals surface area (Å²) in [5.74, 6) is 0.907. The van der Waals surface area contributed by atoms with E-state index < -0.39 is 0 Å². The topological polar surface area (TPSA) is 74.7 Å². The van der Waals surface area contributed by atoms with Crippen molar-refractivity contribution in [1.29, 1.82) is 0 Å². The first-order chi connectivity index (χ1) is 18.6. The number of nitrogens with zero attached hydrogens (tertiary/aromatic N) is 4. The van der Waals surface area contributed by atoms with Gasteiger partial charge in [0.15, 0.2) is 0 Å². The lowest BCUT2D eigenvalue weighted by Gasteiger charge is -2.19.